The second-order valence-electron chi connectivity index (χ2n) is 6.40. The molecule has 0 saturated carbocycles. The number of aromatic amines is 1. The Morgan fingerprint density at radius 1 is 1.13 bits per heavy atom. The zero-order valence-electron chi connectivity index (χ0n) is 15.8. The number of hydrogen-bond acceptors (Lipinski definition) is 8. The lowest BCUT2D eigenvalue weighted by Crippen LogP contribution is -1.97. The SMILES string of the molecule is Cc1onc(-c2ccccc2)c1-c1cc(NO)cc(-c2nnc(SCC(=O)O)[nH]2)c1. The van der Waals surface area contributed by atoms with Crippen LogP contribution in [0.3, 0.4) is 0 Å². The maximum Gasteiger partial charge on any atom is 0.313 e. The molecule has 0 bridgehead atoms. The van der Waals surface area contributed by atoms with Crippen molar-refractivity contribution in [1.82, 2.24) is 20.3 Å². The summed E-state index contributed by atoms with van der Waals surface area (Å²) < 4.78 is 5.45. The van der Waals surface area contributed by atoms with Gasteiger partial charge in [-0.05, 0) is 30.7 Å². The van der Waals surface area contributed by atoms with Gasteiger partial charge in [0, 0.05) is 11.1 Å². The van der Waals surface area contributed by atoms with E-state index in [-0.39, 0.29) is 5.75 Å². The summed E-state index contributed by atoms with van der Waals surface area (Å²) in [6, 6.07) is 15.0. The predicted octanol–water partition coefficient (Wildman–Crippen LogP) is 4.08. The highest BCUT2D eigenvalue weighted by Gasteiger charge is 2.19. The first-order chi connectivity index (χ1) is 14.5. The molecule has 0 aliphatic heterocycles. The Bertz CT molecular complexity index is 1190. The Morgan fingerprint density at radius 2 is 1.90 bits per heavy atom. The molecule has 0 atom stereocenters. The third-order valence-corrected chi connectivity index (χ3v) is 5.18. The van der Waals surface area contributed by atoms with Crippen LogP contribution < -0.4 is 5.48 Å². The molecule has 0 spiro atoms. The second-order valence-corrected chi connectivity index (χ2v) is 7.36. The lowest BCUT2D eigenvalue weighted by Gasteiger charge is -2.08. The maximum absolute atomic E-state index is 10.8. The first-order valence-corrected chi connectivity index (χ1v) is 9.88. The van der Waals surface area contributed by atoms with Crippen molar-refractivity contribution in [2.45, 2.75) is 12.1 Å². The average Bonchev–Trinajstić information content (AvgIpc) is 3.39. The van der Waals surface area contributed by atoms with Gasteiger partial charge in [-0.3, -0.25) is 15.5 Å². The minimum Gasteiger partial charge on any atom is -0.481 e. The number of H-pyrrole nitrogens is 1. The van der Waals surface area contributed by atoms with E-state index in [2.05, 4.69) is 25.8 Å². The van der Waals surface area contributed by atoms with Gasteiger partial charge < -0.3 is 14.6 Å². The molecule has 0 aliphatic carbocycles. The summed E-state index contributed by atoms with van der Waals surface area (Å²) in [6.45, 7) is 1.82. The van der Waals surface area contributed by atoms with E-state index in [1.807, 2.05) is 43.3 Å². The van der Waals surface area contributed by atoms with Gasteiger partial charge in [0.05, 0.1) is 17.0 Å². The van der Waals surface area contributed by atoms with Crippen molar-refractivity contribution in [3.63, 3.8) is 0 Å². The van der Waals surface area contributed by atoms with Crippen LogP contribution in [0, 0.1) is 6.92 Å². The number of benzene rings is 2. The van der Waals surface area contributed by atoms with Crippen molar-refractivity contribution in [3.05, 3.63) is 54.3 Å². The largest absolute Gasteiger partial charge is 0.481 e. The van der Waals surface area contributed by atoms with Crippen LogP contribution in [0.5, 0.6) is 0 Å². The van der Waals surface area contributed by atoms with E-state index in [4.69, 9.17) is 9.63 Å². The predicted molar refractivity (Wildman–Crippen MR) is 111 cm³/mol. The number of nitrogens with one attached hydrogen (secondary N) is 2. The van der Waals surface area contributed by atoms with Crippen molar-refractivity contribution in [2.75, 3.05) is 11.2 Å². The van der Waals surface area contributed by atoms with Gasteiger partial charge in [0.2, 0.25) is 0 Å². The van der Waals surface area contributed by atoms with Crippen LogP contribution in [0.25, 0.3) is 33.8 Å². The fourth-order valence-corrected chi connectivity index (χ4v) is 3.58. The number of aryl methyl sites for hydroxylation is 1. The third kappa shape index (κ3) is 4.04. The Labute approximate surface area is 175 Å². The van der Waals surface area contributed by atoms with E-state index in [0.29, 0.717) is 33.7 Å². The Morgan fingerprint density at radius 3 is 2.63 bits per heavy atom. The lowest BCUT2D eigenvalue weighted by molar-refractivity contribution is -0.133. The van der Waals surface area contributed by atoms with Gasteiger partial charge in [-0.2, -0.15) is 0 Å². The number of carboxylic acid groups (broad SMARTS) is 1. The molecule has 30 heavy (non-hydrogen) atoms. The van der Waals surface area contributed by atoms with E-state index >= 15 is 0 Å². The molecule has 10 heteroatoms. The second kappa shape index (κ2) is 8.39. The lowest BCUT2D eigenvalue weighted by atomic mass is 9.97. The molecule has 152 valence electrons. The molecule has 4 aromatic rings. The van der Waals surface area contributed by atoms with Crippen molar-refractivity contribution in [1.29, 1.82) is 0 Å². The van der Waals surface area contributed by atoms with Crippen molar-refractivity contribution >= 4 is 23.4 Å². The van der Waals surface area contributed by atoms with E-state index in [0.717, 1.165) is 28.5 Å². The third-order valence-electron chi connectivity index (χ3n) is 4.33. The molecule has 4 rings (SSSR count). The quantitative estimate of drug-likeness (QED) is 0.256. The van der Waals surface area contributed by atoms with E-state index < -0.39 is 5.97 Å². The fourth-order valence-electron chi connectivity index (χ4n) is 3.05. The minimum absolute atomic E-state index is 0.127. The van der Waals surface area contributed by atoms with E-state index in [9.17, 15) is 10.0 Å². The number of thioether (sulfide) groups is 1. The van der Waals surface area contributed by atoms with Crippen LogP contribution in [-0.2, 0) is 4.79 Å². The zero-order valence-corrected chi connectivity index (χ0v) is 16.6. The first-order valence-electron chi connectivity index (χ1n) is 8.90. The summed E-state index contributed by atoms with van der Waals surface area (Å²) in [5.74, 6) is 0.00295. The molecule has 9 nitrogen and oxygen atoms in total. The van der Waals surface area contributed by atoms with Crippen LogP contribution in [-0.4, -0.2) is 42.4 Å². The van der Waals surface area contributed by atoms with Crippen LogP contribution in [0.15, 0.2) is 58.2 Å². The Balaban J connectivity index is 1.77. The number of carbonyl (C=O) groups is 1. The van der Waals surface area contributed by atoms with Gasteiger partial charge in [-0.15, -0.1) is 10.2 Å². The van der Waals surface area contributed by atoms with Crippen LogP contribution >= 0.6 is 11.8 Å². The zero-order chi connectivity index (χ0) is 21.1. The molecule has 2 heterocycles. The summed E-state index contributed by atoms with van der Waals surface area (Å²) in [5.41, 5.74) is 6.40. The van der Waals surface area contributed by atoms with Gasteiger partial charge >= 0.3 is 5.97 Å². The van der Waals surface area contributed by atoms with Gasteiger partial charge in [0.1, 0.15) is 11.5 Å². The molecule has 4 N–H and O–H groups in total. The number of hydrogen-bond donors (Lipinski definition) is 4. The van der Waals surface area contributed by atoms with E-state index in [1.165, 1.54) is 0 Å². The Kier molecular flexibility index (Phi) is 5.50. The highest BCUT2D eigenvalue weighted by molar-refractivity contribution is 7.99. The number of aliphatic carboxylic acids is 1. The molecule has 0 fully saturated rings. The number of anilines is 1. The summed E-state index contributed by atoms with van der Waals surface area (Å²) in [4.78, 5) is 13.8. The maximum atomic E-state index is 10.8. The normalized spacial score (nSPS) is 10.9. The molecular weight excluding hydrogens is 406 g/mol. The Hall–Kier alpha value is -3.63. The highest BCUT2D eigenvalue weighted by atomic mass is 32.2. The van der Waals surface area contributed by atoms with E-state index in [1.54, 1.807) is 12.1 Å². The summed E-state index contributed by atoms with van der Waals surface area (Å²) in [7, 11) is 0. The standard InChI is InChI=1S/C20H17N5O4S/c1-11-17(18(25-29-11)12-5-3-2-4-6-12)13-7-14(9-15(8-13)24-28)19-21-20(23-22-19)30-10-16(26)27/h2-9,24,28H,10H2,1H3,(H,26,27)(H,21,22,23). The summed E-state index contributed by atoms with van der Waals surface area (Å²) in [6.07, 6.45) is 0. The molecule has 2 aromatic carbocycles. The highest BCUT2D eigenvalue weighted by Crippen LogP contribution is 2.37. The van der Waals surface area contributed by atoms with Crippen molar-refractivity contribution in [2.24, 2.45) is 0 Å². The number of rotatable bonds is 7. The molecule has 0 saturated heterocycles. The molecule has 0 radical (unpaired) electrons. The van der Waals surface area contributed by atoms with Crippen molar-refractivity contribution < 1.29 is 19.6 Å². The van der Waals surface area contributed by atoms with Gasteiger partial charge in [0.25, 0.3) is 0 Å². The number of carboxylic acids is 1. The molecular formula is C20H17N5O4S. The van der Waals surface area contributed by atoms with Gasteiger partial charge in [-0.25, -0.2) is 0 Å². The fraction of sp³-hybridized carbons (Fsp3) is 0.100. The summed E-state index contributed by atoms with van der Waals surface area (Å²) in [5, 5.41) is 31.0. The van der Waals surface area contributed by atoms with Gasteiger partial charge in [0.15, 0.2) is 11.0 Å². The molecule has 2 aromatic heterocycles. The smallest absolute Gasteiger partial charge is 0.313 e. The van der Waals surface area contributed by atoms with Crippen LogP contribution in [0.2, 0.25) is 0 Å². The molecule has 0 unspecified atom stereocenters. The van der Waals surface area contributed by atoms with Crippen LogP contribution in [0.1, 0.15) is 5.76 Å². The molecule has 0 aliphatic rings. The van der Waals surface area contributed by atoms with Crippen molar-refractivity contribution in [3.8, 4) is 33.8 Å². The number of aromatic nitrogens is 4. The topological polar surface area (TPSA) is 137 Å². The summed E-state index contributed by atoms with van der Waals surface area (Å²) >= 11 is 1.04. The monoisotopic (exact) mass is 423 g/mol. The van der Waals surface area contributed by atoms with Gasteiger partial charge in [-0.1, -0.05) is 47.3 Å². The molecule has 0 amide bonds. The average molecular weight is 423 g/mol. The minimum atomic E-state index is -0.942. The number of nitrogens with zero attached hydrogens (tertiary/aromatic N) is 3. The first kappa shape index (κ1) is 19.7. The van der Waals surface area contributed by atoms with Crippen LogP contribution in [0.4, 0.5) is 5.69 Å².